The number of fused-ring (bicyclic) bond motifs is 1. The first-order chi connectivity index (χ1) is 13.5. The number of rotatable bonds is 5. The molecule has 148 valence electrons. The van der Waals surface area contributed by atoms with Crippen LogP contribution in [0, 0.1) is 0 Å². The van der Waals surface area contributed by atoms with E-state index in [-0.39, 0.29) is 17.9 Å². The van der Waals surface area contributed by atoms with Crippen LogP contribution < -0.4 is 4.74 Å². The molecule has 0 amide bonds. The Morgan fingerprint density at radius 3 is 2.75 bits per heavy atom. The fourth-order valence-corrected chi connectivity index (χ4v) is 4.74. The van der Waals surface area contributed by atoms with Crippen molar-refractivity contribution in [3.05, 3.63) is 63.1 Å². The highest BCUT2D eigenvalue weighted by atomic mass is 35.5. The first-order valence-corrected chi connectivity index (χ1v) is 10.3. The Bertz CT molecular complexity index is 880. The monoisotopic (exact) mass is 419 g/mol. The van der Waals surface area contributed by atoms with Crippen molar-refractivity contribution >= 4 is 29.0 Å². The smallest absolute Gasteiger partial charge is 0.140 e. The molecule has 2 aromatic carbocycles. The molecule has 4 rings (SSSR count). The zero-order valence-electron chi connectivity index (χ0n) is 15.8. The molecule has 0 spiro atoms. The van der Waals surface area contributed by atoms with Crippen LogP contribution in [0.4, 0.5) is 0 Å². The van der Waals surface area contributed by atoms with Gasteiger partial charge in [0.25, 0.3) is 0 Å². The average molecular weight is 420 g/mol. The van der Waals surface area contributed by atoms with Crippen LogP contribution in [0.1, 0.15) is 29.7 Å². The molecule has 2 aliphatic rings. The number of Topliss-reactive ketones (excluding diaryl/α,β-unsaturated/α-hetero) is 1. The van der Waals surface area contributed by atoms with Gasteiger partial charge in [0.15, 0.2) is 0 Å². The molecule has 6 heteroatoms. The molecule has 1 aliphatic heterocycles. The summed E-state index contributed by atoms with van der Waals surface area (Å²) < 4.78 is 12.0. The average Bonchev–Trinajstić information content (AvgIpc) is 3.01. The lowest BCUT2D eigenvalue weighted by molar-refractivity contribution is -0.116. The lowest BCUT2D eigenvalue weighted by atomic mass is 10.1. The number of halogens is 2. The molecule has 1 saturated heterocycles. The number of benzene rings is 2. The van der Waals surface area contributed by atoms with E-state index < -0.39 is 0 Å². The van der Waals surface area contributed by atoms with Gasteiger partial charge in [0.05, 0.1) is 19.3 Å². The zero-order valence-corrected chi connectivity index (χ0v) is 17.3. The summed E-state index contributed by atoms with van der Waals surface area (Å²) in [6.45, 7) is 4.78. The molecule has 28 heavy (non-hydrogen) atoms. The van der Waals surface area contributed by atoms with Gasteiger partial charge in [-0.2, -0.15) is 0 Å². The molecule has 0 unspecified atom stereocenters. The fraction of sp³-hybridized carbons (Fsp3) is 0.409. The van der Waals surface area contributed by atoms with E-state index in [9.17, 15) is 4.79 Å². The van der Waals surface area contributed by atoms with Crippen LogP contribution in [0.3, 0.4) is 0 Å². The van der Waals surface area contributed by atoms with Gasteiger partial charge in [-0.15, -0.1) is 0 Å². The van der Waals surface area contributed by atoms with Gasteiger partial charge in [0.1, 0.15) is 17.6 Å². The third kappa shape index (κ3) is 4.20. The van der Waals surface area contributed by atoms with E-state index >= 15 is 0 Å². The van der Waals surface area contributed by atoms with Gasteiger partial charge in [-0.05, 0) is 48.7 Å². The number of hydrogen-bond acceptors (Lipinski definition) is 4. The van der Waals surface area contributed by atoms with Crippen LogP contribution >= 0.6 is 23.2 Å². The van der Waals surface area contributed by atoms with Crippen molar-refractivity contribution in [2.45, 2.75) is 31.9 Å². The number of hydrogen-bond donors (Lipinski definition) is 0. The summed E-state index contributed by atoms with van der Waals surface area (Å²) in [5, 5.41) is 1.31. The summed E-state index contributed by atoms with van der Waals surface area (Å²) in [6.07, 6.45) is 1.06. The Labute approximate surface area is 175 Å². The summed E-state index contributed by atoms with van der Waals surface area (Å²) in [4.78, 5) is 13.9. The van der Waals surface area contributed by atoms with Gasteiger partial charge in [0, 0.05) is 35.1 Å². The summed E-state index contributed by atoms with van der Waals surface area (Å²) >= 11 is 12.8. The largest absolute Gasteiger partial charge is 0.484 e. The van der Waals surface area contributed by atoms with Crippen LogP contribution in [0.2, 0.25) is 10.0 Å². The van der Waals surface area contributed by atoms with Gasteiger partial charge >= 0.3 is 0 Å². The second kappa shape index (κ2) is 8.42. The molecular weight excluding hydrogens is 397 g/mol. The highest BCUT2D eigenvalue weighted by Gasteiger charge is 2.40. The molecular formula is C22H23Cl2NO3. The van der Waals surface area contributed by atoms with Gasteiger partial charge in [-0.25, -0.2) is 0 Å². The normalized spacial score (nSPS) is 22.1. The summed E-state index contributed by atoms with van der Waals surface area (Å²) in [7, 11) is 0. The molecule has 2 atom stereocenters. The fourth-order valence-electron chi connectivity index (χ4n) is 4.15. The van der Waals surface area contributed by atoms with Crippen molar-refractivity contribution in [1.82, 2.24) is 4.90 Å². The van der Waals surface area contributed by atoms with E-state index in [0.29, 0.717) is 16.5 Å². The number of nitrogens with zero attached hydrogens (tertiary/aromatic N) is 1. The SMILES string of the molecule is CC(=O)Cc1cccc(O[C@H]2c3cc(Cl)cc(Cl)c3C[C@@H]2N2CCOCC2)c1. The van der Waals surface area contributed by atoms with Crippen LogP contribution in [0.25, 0.3) is 0 Å². The van der Waals surface area contributed by atoms with Gasteiger partial charge in [0.2, 0.25) is 0 Å². The third-order valence-corrected chi connectivity index (χ3v) is 5.95. The number of morpholine rings is 1. The zero-order chi connectivity index (χ0) is 19.7. The number of ketones is 1. The Kier molecular flexibility index (Phi) is 5.93. The van der Waals surface area contributed by atoms with Crippen molar-refractivity contribution in [3.8, 4) is 5.75 Å². The van der Waals surface area contributed by atoms with Crippen molar-refractivity contribution < 1.29 is 14.3 Å². The molecule has 0 aromatic heterocycles. The predicted molar refractivity (Wildman–Crippen MR) is 111 cm³/mol. The van der Waals surface area contributed by atoms with Gasteiger partial charge in [-0.1, -0.05) is 35.3 Å². The van der Waals surface area contributed by atoms with E-state index in [1.165, 1.54) is 0 Å². The summed E-state index contributed by atoms with van der Waals surface area (Å²) in [5.41, 5.74) is 3.11. The maximum Gasteiger partial charge on any atom is 0.140 e. The highest BCUT2D eigenvalue weighted by Crippen LogP contribution is 2.42. The molecule has 1 heterocycles. The highest BCUT2D eigenvalue weighted by molar-refractivity contribution is 6.35. The first-order valence-electron chi connectivity index (χ1n) is 9.56. The summed E-state index contributed by atoms with van der Waals surface area (Å²) in [6, 6.07) is 11.7. The minimum Gasteiger partial charge on any atom is -0.484 e. The Balaban J connectivity index is 1.66. The minimum absolute atomic E-state index is 0.133. The number of carbonyl (C=O) groups excluding carboxylic acids is 1. The van der Waals surface area contributed by atoms with Crippen molar-refractivity contribution in [3.63, 3.8) is 0 Å². The molecule has 0 bridgehead atoms. The summed E-state index contributed by atoms with van der Waals surface area (Å²) in [5.74, 6) is 0.888. The molecule has 1 aliphatic carbocycles. The molecule has 0 radical (unpaired) electrons. The Morgan fingerprint density at radius 1 is 1.21 bits per heavy atom. The Hall–Kier alpha value is -1.59. The van der Waals surface area contributed by atoms with Gasteiger partial charge < -0.3 is 9.47 Å². The van der Waals surface area contributed by atoms with E-state index in [4.69, 9.17) is 32.7 Å². The molecule has 2 aromatic rings. The number of ether oxygens (including phenoxy) is 2. The molecule has 1 fully saturated rings. The quantitative estimate of drug-likeness (QED) is 0.714. The standard InChI is InChI=1S/C22H23Cl2NO3/c1-14(26)9-15-3-2-4-17(10-15)28-22-19-11-16(23)12-20(24)18(19)13-21(22)25-5-7-27-8-6-25/h2-4,10-12,21-22H,5-9,13H2,1H3/t21-,22-/m0/s1. The lowest BCUT2D eigenvalue weighted by Gasteiger charge is -2.35. The maximum absolute atomic E-state index is 11.5. The third-order valence-electron chi connectivity index (χ3n) is 5.39. The van der Waals surface area contributed by atoms with E-state index in [2.05, 4.69) is 4.90 Å². The second-order valence-corrected chi connectivity index (χ2v) is 8.28. The predicted octanol–water partition coefficient (Wildman–Crippen LogP) is 4.50. The van der Waals surface area contributed by atoms with Crippen LogP contribution in [-0.2, 0) is 22.4 Å². The molecule has 0 saturated carbocycles. The topological polar surface area (TPSA) is 38.8 Å². The van der Waals surface area contributed by atoms with Crippen molar-refractivity contribution in [1.29, 1.82) is 0 Å². The second-order valence-electron chi connectivity index (χ2n) is 7.44. The number of carbonyl (C=O) groups is 1. The van der Waals surface area contributed by atoms with Crippen LogP contribution in [0.15, 0.2) is 36.4 Å². The minimum atomic E-state index is -0.170. The van der Waals surface area contributed by atoms with Crippen LogP contribution in [0.5, 0.6) is 5.75 Å². The maximum atomic E-state index is 11.5. The first kappa shape index (κ1) is 19.7. The van der Waals surface area contributed by atoms with E-state index in [1.807, 2.05) is 30.3 Å². The molecule has 0 N–H and O–H groups in total. The van der Waals surface area contributed by atoms with Crippen molar-refractivity contribution in [2.24, 2.45) is 0 Å². The van der Waals surface area contributed by atoms with Crippen molar-refractivity contribution in [2.75, 3.05) is 26.3 Å². The van der Waals surface area contributed by atoms with E-state index in [1.54, 1.807) is 13.0 Å². The van der Waals surface area contributed by atoms with Crippen LogP contribution in [-0.4, -0.2) is 43.0 Å². The lowest BCUT2D eigenvalue weighted by Crippen LogP contribution is -2.46. The Morgan fingerprint density at radius 2 is 2.00 bits per heavy atom. The molecule has 4 nitrogen and oxygen atoms in total. The van der Waals surface area contributed by atoms with Gasteiger partial charge in [-0.3, -0.25) is 9.69 Å². The van der Waals surface area contributed by atoms with E-state index in [0.717, 1.165) is 55.2 Å².